The number of rotatable bonds is 5. The summed E-state index contributed by atoms with van der Waals surface area (Å²) in [6.45, 7) is 2.08. The highest BCUT2D eigenvalue weighted by atomic mass is 16.6. The molecule has 0 saturated carbocycles. The average molecular weight is 325 g/mol. The molecule has 2 aromatic rings. The number of benzene rings is 2. The van der Waals surface area contributed by atoms with E-state index in [-0.39, 0.29) is 12.3 Å². The van der Waals surface area contributed by atoms with E-state index in [4.69, 9.17) is 9.47 Å². The highest BCUT2D eigenvalue weighted by Crippen LogP contribution is 2.09. The van der Waals surface area contributed by atoms with E-state index in [0.29, 0.717) is 0 Å². The first kappa shape index (κ1) is 17.3. The van der Waals surface area contributed by atoms with E-state index < -0.39 is 12.1 Å². The van der Waals surface area contributed by atoms with Crippen molar-refractivity contribution in [3.05, 3.63) is 77.0 Å². The third-order valence-corrected chi connectivity index (χ3v) is 3.24. The summed E-state index contributed by atoms with van der Waals surface area (Å²) in [6.07, 6.45) is 0.817. The minimum absolute atomic E-state index is 0.0133. The van der Waals surface area contributed by atoms with Crippen molar-refractivity contribution in [2.24, 2.45) is 0 Å². The fraction of sp³-hybridized carbons (Fsp3) is 0.158. The Labute approximate surface area is 140 Å². The van der Waals surface area contributed by atoms with Crippen molar-refractivity contribution in [1.82, 2.24) is 5.32 Å². The van der Waals surface area contributed by atoms with Crippen LogP contribution in [0.15, 0.2) is 60.3 Å². The van der Waals surface area contributed by atoms with Gasteiger partial charge in [-0.25, -0.2) is 9.59 Å². The van der Waals surface area contributed by atoms with Gasteiger partial charge in [0.25, 0.3) is 0 Å². The number of aryl methyl sites for hydroxylation is 1. The van der Waals surface area contributed by atoms with Crippen LogP contribution in [0.25, 0.3) is 6.08 Å². The topological polar surface area (TPSA) is 64.6 Å². The number of nitrogens with one attached hydrogen (secondary N) is 1. The van der Waals surface area contributed by atoms with Crippen LogP contribution in [0.1, 0.15) is 16.7 Å². The molecule has 0 atom stereocenters. The zero-order valence-electron chi connectivity index (χ0n) is 13.6. The predicted molar refractivity (Wildman–Crippen MR) is 90.9 cm³/mol. The number of amides is 1. The SMILES string of the molecule is COC(=O)/C(=C/c1ccc(C)cc1)NC(=O)OCc1ccccc1. The van der Waals surface area contributed by atoms with Gasteiger partial charge in [0.05, 0.1) is 7.11 Å². The zero-order chi connectivity index (χ0) is 17.4. The lowest BCUT2D eigenvalue weighted by molar-refractivity contribution is -0.136. The highest BCUT2D eigenvalue weighted by Gasteiger charge is 2.14. The first-order valence-electron chi connectivity index (χ1n) is 7.43. The molecule has 1 amide bonds. The third-order valence-electron chi connectivity index (χ3n) is 3.24. The van der Waals surface area contributed by atoms with Gasteiger partial charge >= 0.3 is 12.1 Å². The van der Waals surface area contributed by atoms with Crippen LogP contribution >= 0.6 is 0 Å². The number of esters is 1. The standard InChI is InChI=1S/C19H19NO4/c1-14-8-10-15(11-9-14)12-17(18(21)23-2)20-19(22)24-13-16-6-4-3-5-7-16/h3-12H,13H2,1-2H3,(H,20,22)/b17-12-. The van der Waals surface area contributed by atoms with Crippen molar-refractivity contribution in [2.75, 3.05) is 7.11 Å². The molecule has 0 fully saturated rings. The van der Waals surface area contributed by atoms with Gasteiger partial charge in [0.2, 0.25) is 0 Å². The molecule has 0 aromatic heterocycles. The minimum Gasteiger partial charge on any atom is -0.464 e. The van der Waals surface area contributed by atoms with Gasteiger partial charge in [-0.15, -0.1) is 0 Å². The summed E-state index contributed by atoms with van der Waals surface area (Å²) < 4.78 is 9.81. The Morgan fingerprint density at radius 1 is 1.04 bits per heavy atom. The minimum atomic E-state index is -0.720. The Morgan fingerprint density at radius 3 is 2.33 bits per heavy atom. The Kier molecular flexibility index (Phi) is 6.14. The molecule has 0 aliphatic heterocycles. The number of methoxy groups -OCH3 is 1. The number of carbonyl (C=O) groups is 2. The first-order valence-corrected chi connectivity index (χ1v) is 7.43. The molecule has 5 heteroatoms. The smallest absolute Gasteiger partial charge is 0.412 e. The normalized spacial score (nSPS) is 10.8. The maximum Gasteiger partial charge on any atom is 0.412 e. The molecular formula is C19H19NO4. The van der Waals surface area contributed by atoms with E-state index in [2.05, 4.69) is 5.32 Å². The molecule has 2 rings (SSSR count). The molecule has 0 unspecified atom stereocenters. The summed E-state index contributed by atoms with van der Waals surface area (Å²) in [7, 11) is 1.25. The summed E-state index contributed by atoms with van der Waals surface area (Å²) in [5.41, 5.74) is 2.74. The monoisotopic (exact) mass is 325 g/mol. The summed E-state index contributed by atoms with van der Waals surface area (Å²) in [5.74, 6) is -0.646. The van der Waals surface area contributed by atoms with Crippen LogP contribution < -0.4 is 5.32 Å². The molecule has 5 nitrogen and oxygen atoms in total. The van der Waals surface area contributed by atoms with Crippen LogP contribution in [0.3, 0.4) is 0 Å². The molecule has 0 bridgehead atoms. The number of ether oxygens (including phenoxy) is 2. The second-order valence-corrected chi connectivity index (χ2v) is 5.15. The van der Waals surface area contributed by atoms with Crippen molar-refractivity contribution in [2.45, 2.75) is 13.5 Å². The fourth-order valence-electron chi connectivity index (χ4n) is 1.95. The lowest BCUT2D eigenvalue weighted by atomic mass is 10.1. The van der Waals surface area contributed by atoms with Crippen LogP contribution in [0.2, 0.25) is 0 Å². The molecule has 0 aliphatic carbocycles. The Hall–Kier alpha value is -3.08. The number of alkyl carbamates (subject to hydrolysis) is 1. The van der Waals surface area contributed by atoms with Gasteiger partial charge in [0.1, 0.15) is 12.3 Å². The number of hydrogen-bond donors (Lipinski definition) is 1. The molecule has 0 radical (unpaired) electrons. The van der Waals surface area contributed by atoms with Gasteiger partial charge in [0, 0.05) is 0 Å². The maximum atomic E-state index is 11.9. The first-order chi connectivity index (χ1) is 11.6. The molecule has 24 heavy (non-hydrogen) atoms. The largest absolute Gasteiger partial charge is 0.464 e. The quantitative estimate of drug-likeness (QED) is 0.675. The Morgan fingerprint density at radius 2 is 1.71 bits per heavy atom. The van der Waals surface area contributed by atoms with Crippen LogP contribution in [0.5, 0.6) is 0 Å². The van der Waals surface area contributed by atoms with Crippen molar-refractivity contribution in [3.8, 4) is 0 Å². The molecule has 1 N–H and O–H groups in total. The molecule has 0 heterocycles. The molecule has 124 valence electrons. The number of carbonyl (C=O) groups excluding carboxylic acids is 2. The van der Waals surface area contributed by atoms with Crippen molar-refractivity contribution >= 4 is 18.1 Å². The van der Waals surface area contributed by atoms with Gasteiger partial charge in [-0.1, -0.05) is 60.2 Å². The third kappa shape index (κ3) is 5.28. The molecule has 0 aliphatic rings. The van der Waals surface area contributed by atoms with E-state index in [1.807, 2.05) is 61.5 Å². The summed E-state index contributed by atoms with van der Waals surface area (Å²) in [4.78, 5) is 23.7. The van der Waals surface area contributed by atoms with Crippen LogP contribution in [0, 0.1) is 6.92 Å². The van der Waals surface area contributed by atoms with Gasteiger partial charge < -0.3 is 9.47 Å². The lowest BCUT2D eigenvalue weighted by Crippen LogP contribution is -2.28. The van der Waals surface area contributed by atoms with Crippen LogP contribution in [-0.2, 0) is 20.9 Å². The summed E-state index contributed by atoms with van der Waals surface area (Å²) >= 11 is 0. The predicted octanol–water partition coefficient (Wildman–Crippen LogP) is 3.44. The Bertz CT molecular complexity index is 721. The molecule has 2 aromatic carbocycles. The molecule has 0 spiro atoms. The van der Waals surface area contributed by atoms with Gasteiger partial charge in [-0.05, 0) is 24.1 Å². The van der Waals surface area contributed by atoms with E-state index in [1.165, 1.54) is 13.2 Å². The Balaban J connectivity index is 2.04. The second-order valence-electron chi connectivity index (χ2n) is 5.15. The fourth-order valence-corrected chi connectivity index (χ4v) is 1.95. The van der Waals surface area contributed by atoms with Gasteiger partial charge in [0.15, 0.2) is 0 Å². The molecular weight excluding hydrogens is 306 g/mol. The van der Waals surface area contributed by atoms with E-state index in [9.17, 15) is 9.59 Å². The van der Waals surface area contributed by atoms with E-state index >= 15 is 0 Å². The molecule has 0 saturated heterocycles. The zero-order valence-corrected chi connectivity index (χ0v) is 13.6. The lowest BCUT2D eigenvalue weighted by Gasteiger charge is -2.09. The van der Waals surface area contributed by atoms with Crippen LogP contribution in [0.4, 0.5) is 4.79 Å². The van der Waals surface area contributed by atoms with Gasteiger partial charge in [-0.2, -0.15) is 0 Å². The van der Waals surface area contributed by atoms with Crippen molar-refractivity contribution < 1.29 is 19.1 Å². The van der Waals surface area contributed by atoms with Crippen LogP contribution in [-0.4, -0.2) is 19.2 Å². The average Bonchev–Trinajstić information content (AvgIpc) is 2.61. The van der Waals surface area contributed by atoms with Crippen molar-refractivity contribution in [3.63, 3.8) is 0 Å². The van der Waals surface area contributed by atoms with Gasteiger partial charge in [-0.3, -0.25) is 5.32 Å². The second kappa shape index (κ2) is 8.53. The van der Waals surface area contributed by atoms with E-state index in [1.54, 1.807) is 0 Å². The maximum absolute atomic E-state index is 11.9. The van der Waals surface area contributed by atoms with E-state index in [0.717, 1.165) is 16.7 Å². The summed E-state index contributed by atoms with van der Waals surface area (Å²) in [5, 5.41) is 2.43. The van der Waals surface area contributed by atoms with Crippen molar-refractivity contribution in [1.29, 1.82) is 0 Å². The highest BCUT2D eigenvalue weighted by molar-refractivity contribution is 5.96. The number of hydrogen-bond acceptors (Lipinski definition) is 4. The summed E-state index contributed by atoms with van der Waals surface area (Å²) in [6, 6.07) is 16.8.